The molecule has 4 nitrogen and oxygen atoms in total. The van der Waals surface area contributed by atoms with E-state index in [0.717, 1.165) is 0 Å². The number of halogens is 6. The van der Waals surface area contributed by atoms with E-state index in [1.54, 1.807) is 24.3 Å². The third kappa shape index (κ3) is 8.91. The quantitative estimate of drug-likeness (QED) is 0.0829. The molecule has 12 heteroatoms. The maximum atomic E-state index is 14.1. The summed E-state index contributed by atoms with van der Waals surface area (Å²) in [5.74, 6) is -11.6. The fraction of sp³-hybridized carbons (Fsp3) is 0.200. The predicted molar refractivity (Wildman–Crippen MR) is 151 cm³/mol. The van der Waals surface area contributed by atoms with Crippen LogP contribution in [0.25, 0.3) is 10.5 Å². The van der Waals surface area contributed by atoms with Crippen molar-refractivity contribution in [1.29, 1.82) is 0 Å². The summed E-state index contributed by atoms with van der Waals surface area (Å²) >= 11 is 1.82. The summed E-state index contributed by atoms with van der Waals surface area (Å²) in [5, 5.41) is 0. The molecule has 0 aliphatic carbocycles. The summed E-state index contributed by atoms with van der Waals surface area (Å²) in [5.41, 5.74) is 11.7. The number of sulfonamides is 1. The molecule has 4 rings (SSSR count). The number of nitrogens with one attached hydrogen (secondary N) is 1. The van der Waals surface area contributed by atoms with Crippen molar-refractivity contribution >= 4 is 19.7 Å². The Balaban J connectivity index is 0.000000431. The zero-order chi connectivity index (χ0) is 31.6. The van der Waals surface area contributed by atoms with Gasteiger partial charge in [-0.15, -0.1) is 12.1 Å². The van der Waals surface area contributed by atoms with Gasteiger partial charge in [0, 0.05) is 0 Å². The largest absolute Gasteiger partial charge is 0.672 e. The monoisotopic (exact) mass is 711 g/mol. The molecule has 0 aromatic heterocycles. The van der Waals surface area contributed by atoms with Crippen molar-refractivity contribution < 1.29 is 47.7 Å². The molecule has 42 heavy (non-hydrogen) atoms. The van der Waals surface area contributed by atoms with E-state index < -0.39 is 56.1 Å². The summed E-state index contributed by atoms with van der Waals surface area (Å²) in [6, 6.07) is 21.3. The minimum absolute atomic E-state index is 0.203. The third-order valence-corrected chi connectivity index (χ3v) is 7.42. The maximum absolute atomic E-state index is 14.1. The van der Waals surface area contributed by atoms with Crippen LogP contribution in [0.1, 0.15) is 54.1 Å². The Hall–Kier alpha value is -2.69. The van der Waals surface area contributed by atoms with Gasteiger partial charge in [0.05, 0.1) is 0 Å². The first kappa shape index (κ1) is 35.5. The zero-order valence-corrected chi connectivity index (χ0v) is 25.9. The van der Waals surface area contributed by atoms with Crippen LogP contribution in [0, 0.1) is 36.0 Å². The summed E-state index contributed by atoms with van der Waals surface area (Å²) < 4.78 is 97.1. The first-order valence-electron chi connectivity index (χ1n) is 12.3. The summed E-state index contributed by atoms with van der Waals surface area (Å²) in [4.78, 5) is -2.06. The molecule has 0 aliphatic rings. The van der Waals surface area contributed by atoms with Gasteiger partial charge in [0.1, 0.15) is 14.9 Å². The molecule has 0 spiro atoms. The molecule has 0 fully saturated rings. The molecule has 2 atom stereocenters. The van der Waals surface area contributed by atoms with Crippen LogP contribution < -0.4 is 0 Å². The van der Waals surface area contributed by atoms with Gasteiger partial charge in [-0.05, 0) is 18.4 Å². The van der Waals surface area contributed by atoms with E-state index in [-0.39, 0.29) is 5.56 Å². The Kier molecular flexibility index (Phi) is 13.7. The topological polar surface area (TPSA) is 72.0 Å². The van der Waals surface area contributed by atoms with Crippen LogP contribution in [-0.4, -0.2) is 8.42 Å². The molecule has 0 aliphatic heterocycles. The summed E-state index contributed by atoms with van der Waals surface area (Å²) in [6.07, 6.45) is 0. The molecule has 225 valence electrons. The molecule has 0 saturated heterocycles. The first-order chi connectivity index (χ1) is 19.8. The van der Waals surface area contributed by atoms with E-state index in [2.05, 4.69) is 59.4 Å². The number of hydrogen-bond acceptors (Lipinski definition) is 2. The molecule has 0 bridgehead atoms. The Morgan fingerprint density at radius 2 is 1.07 bits per heavy atom. The Morgan fingerprint density at radius 1 is 0.667 bits per heavy atom. The number of benzene rings is 4. The van der Waals surface area contributed by atoms with Crippen LogP contribution in [0.15, 0.2) is 89.8 Å². The van der Waals surface area contributed by atoms with Crippen molar-refractivity contribution in [3.8, 4) is 0 Å². The number of nitrogens with zero attached hydrogens (tertiary/aromatic N) is 1. The average molecular weight is 711 g/mol. The van der Waals surface area contributed by atoms with Crippen LogP contribution in [-0.2, 0) is 27.3 Å². The number of rotatable bonds is 7. The van der Waals surface area contributed by atoms with Gasteiger partial charge in [-0.25, -0.2) is 30.4 Å². The van der Waals surface area contributed by atoms with Crippen molar-refractivity contribution in [2.75, 3.05) is 0 Å². The number of hydrogen-bond donors (Lipinski definition) is 0. The van der Waals surface area contributed by atoms with E-state index in [9.17, 15) is 30.4 Å². The molecule has 0 saturated carbocycles. The van der Waals surface area contributed by atoms with Crippen LogP contribution >= 0.6 is 9.69 Å². The van der Waals surface area contributed by atoms with Crippen LogP contribution in [0.2, 0.25) is 0 Å². The molecule has 0 heterocycles. The fourth-order valence-electron chi connectivity index (χ4n) is 3.77. The smallest absolute Gasteiger partial charge is 0.200 e. The van der Waals surface area contributed by atoms with Gasteiger partial charge in [-0.1, -0.05) is 115 Å². The van der Waals surface area contributed by atoms with Crippen LogP contribution in [0.5, 0.6) is 0 Å². The Bertz CT molecular complexity index is 1520. The molecular formula is C30H27ClF5N2O2RuS. The van der Waals surface area contributed by atoms with E-state index in [0.29, 0.717) is 11.5 Å². The second-order valence-corrected chi connectivity index (χ2v) is 10.9. The van der Waals surface area contributed by atoms with Gasteiger partial charge in [-0.2, -0.15) is 0 Å². The maximum Gasteiger partial charge on any atom is 0.200 e. The van der Waals surface area contributed by atoms with Crippen LogP contribution in [0.4, 0.5) is 22.0 Å². The van der Waals surface area contributed by atoms with E-state index in [1.165, 1.54) is 47.5 Å². The van der Waals surface area contributed by atoms with Crippen molar-refractivity contribution in [2.45, 2.75) is 43.7 Å². The molecule has 4 aromatic carbocycles. The molecule has 0 unspecified atom stereocenters. The van der Waals surface area contributed by atoms with Gasteiger partial charge in [0.2, 0.25) is 5.82 Å². The van der Waals surface area contributed by atoms with Crippen molar-refractivity contribution in [1.82, 2.24) is 0 Å². The normalized spacial score (nSPS) is 12.5. The minimum Gasteiger partial charge on any atom is -0.672 e. The average Bonchev–Trinajstić information content (AvgIpc) is 3.00. The molecular weight excluding hydrogens is 684 g/mol. The van der Waals surface area contributed by atoms with E-state index >= 15 is 0 Å². The SMILES string of the molecule is Cc1ccc(C(C)C)cc1.[Cl][Ru+2].[NH-][C@H](c1ccccc1)[C@H]([N-]S(=O)(=O)c1c(F)c(F)c(F)c(F)c1F)c1ccccc1. The second kappa shape index (κ2) is 16.2. The van der Waals surface area contributed by atoms with Crippen LogP contribution in [0.3, 0.4) is 0 Å². The van der Waals surface area contributed by atoms with Gasteiger partial charge >= 0.3 is 27.0 Å². The van der Waals surface area contributed by atoms with Gasteiger partial charge in [0.25, 0.3) is 0 Å². The molecule has 0 radical (unpaired) electrons. The molecule has 4 aromatic rings. The Morgan fingerprint density at radius 3 is 1.50 bits per heavy atom. The molecule has 1 N–H and O–H groups in total. The van der Waals surface area contributed by atoms with Gasteiger partial charge in [-0.3, -0.25) is 0 Å². The number of aryl methyl sites for hydroxylation is 1. The predicted octanol–water partition coefficient (Wildman–Crippen LogP) is 9.78. The van der Waals surface area contributed by atoms with Crippen molar-refractivity contribution in [3.05, 3.63) is 147 Å². The fourth-order valence-corrected chi connectivity index (χ4v) is 5.05. The van der Waals surface area contributed by atoms with Gasteiger partial charge in [0.15, 0.2) is 23.3 Å². The van der Waals surface area contributed by atoms with E-state index in [1.807, 2.05) is 17.3 Å². The standard InChI is InChI=1S/C20H13F5N2O2S.C10H14.ClH.Ru/c21-13-14(22)16(24)20(17(25)15(13)23)30(28,29)27-19(12-9-5-2-6-10-12)18(26)11-7-3-1-4-8-11;1-8(2)10-6-4-9(3)5-7-10;;/h1-10,18-19,26H;4-8H,1-3H3;1H;/q-2;;;+3/p-1/t18-,19-;;;/m1.../s1. The third-order valence-electron chi connectivity index (χ3n) is 6.04. The summed E-state index contributed by atoms with van der Waals surface area (Å²) in [7, 11) is -0.807. The van der Waals surface area contributed by atoms with Crippen molar-refractivity contribution in [3.63, 3.8) is 0 Å². The second-order valence-electron chi connectivity index (χ2n) is 9.29. The van der Waals surface area contributed by atoms with E-state index in [4.69, 9.17) is 5.73 Å². The minimum atomic E-state index is -5.38. The zero-order valence-electron chi connectivity index (χ0n) is 22.6. The van der Waals surface area contributed by atoms with Gasteiger partial charge < -0.3 is 10.5 Å². The molecule has 0 amide bonds. The first-order valence-corrected chi connectivity index (χ1v) is 16.0. The van der Waals surface area contributed by atoms with Crippen molar-refractivity contribution in [2.24, 2.45) is 0 Å². The summed E-state index contributed by atoms with van der Waals surface area (Å²) in [6.45, 7) is 6.54. The Labute approximate surface area is 256 Å².